The first-order valence-corrected chi connectivity index (χ1v) is 7.63. The van der Waals surface area contributed by atoms with Crippen molar-refractivity contribution in [1.29, 1.82) is 0 Å². The number of likely N-dealkylation sites (N-methyl/N-ethyl adjacent to an activating group) is 1. The fraction of sp³-hybridized carbons (Fsp3) is 0.286. The molecule has 19 heavy (non-hydrogen) atoms. The van der Waals surface area contributed by atoms with Crippen molar-refractivity contribution in [2.45, 2.75) is 19.4 Å². The van der Waals surface area contributed by atoms with Crippen LogP contribution in [-0.4, -0.2) is 6.54 Å². The third kappa shape index (κ3) is 3.84. The highest BCUT2D eigenvalue weighted by Crippen LogP contribution is 2.29. The molecule has 0 aliphatic carbocycles. The molecule has 1 N–H and O–H groups in total. The maximum Gasteiger partial charge on any atom is 0.129 e. The highest BCUT2D eigenvalue weighted by Gasteiger charge is 2.15. The van der Waals surface area contributed by atoms with Crippen LogP contribution in [0.15, 0.2) is 34.1 Å². The molecule has 2 aromatic rings. The molecule has 1 heterocycles. The first-order chi connectivity index (χ1) is 9.10. The quantitative estimate of drug-likeness (QED) is 0.829. The van der Waals surface area contributed by atoms with E-state index < -0.39 is 11.6 Å². The Balaban J connectivity index is 2.21. The summed E-state index contributed by atoms with van der Waals surface area (Å²) in [5, 5.41) is 3.33. The van der Waals surface area contributed by atoms with Crippen LogP contribution < -0.4 is 5.32 Å². The molecule has 0 aliphatic heterocycles. The molecule has 0 aliphatic rings. The lowest BCUT2D eigenvalue weighted by atomic mass is 10.0. The third-order valence-electron chi connectivity index (χ3n) is 2.83. The number of halogens is 3. The Hall–Kier alpha value is -0.780. The summed E-state index contributed by atoms with van der Waals surface area (Å²) in [7, 11) is 0. The summed E-state index contributed by atoms with van der Waals surface area (Å²) < 4.78 is 27.6. The van der Waals surface area contributed by atoms with E-state index in [2.05, 4.69) is 21.2 Å². The van der Waals surface area contributed by atoms with E-state index >= 15 is 0 Å². The van der Waals surface area contributed by atoms with Crippen molar-refractivity contribution in [3.63, 3.8) is 0 Å². The van der Waals surface area contributed by atoms with Crippen molar-refractivity contribution in [2.24, 2.45) is 0 Å². The van der Waals surface area contributed by atoms with Gasteiger partial charge in [0, 0.05) is 17.0 Å². The molecule has 1 unspecified atom stereocenters. The predicted octanol–water partition coefficient (Wildman–Crippen LogP) is 4.68. The van der Waals surface area contributed by atoms with Crippen LogP contribution in [0.25, 0.3) is 0 Å². The Bertz CT molecular complexity index is 556. The van der Waals surface area contributed by atoms with Gasteiger partial charge >= 0.3 is 0 Å². The molecule has 5 heteroatoms. The van der Waals surface area contributed by atoms with Gasteiger partial charge in [-0.2, -0.15) is 0 Å². The van der Waals surface area contributed by atoms with Gasteiger partial charge in [0.25, 0.3) is 0 Å². The summed E-state index contributed by atoms with van der Waals surface area (Å²) in [5.41, 5.74) is 0.525. The molecule has 1 aromatic carbocycles. The second kappa shape index (κ2) is 6.59. The first kappa shape index (κ1) is 14.6. The lowest BCUT2D eigenvalue weighted by Gasteiger charge is -2.17. The molecule has 1 aromatic heterocycles. The average Bonchev–Trinajstić information content (AvgIpc) is 2.78. The van der Waals surface area contributed by atoms with Crippen LogP contribution in [-0.2, 0) is 6.42 Å². The Morgan fingerprint density at radius 1 is 1.26 bits per heavy atom. The topological polar surface area (TPSA) is 12.0 Å². The van der Waals surface area contributed by atoms with Crippen LogP contribution in [0.4, 0.5) is 8.78 Å². The molecule has 0 radical (unpaired) electrons. The van der Waals surface area contributed by atoms with E-state index in [-0.39, 0.29) is 6.04 Å². The zero-order valence-corrected chi connectivity index (χ0v) is 12.8. The molecule has 0 saturated heterocycles. The van der Waals surface area contributed by atoms with Crippen molar-refractivity contribution < 1.29 is 8.78 Å². The first-order valence-electron chi connectivity index (χ1n) is 6.02. The van der Waals surface area contributed by atoms with Crippen LogP contribution in [0.5, 0.6) is 0 Å². The van der Waals surface area contributed by atoms with Gasteiger partial charge in [0.15, 0.2) is 0 Å². The van der Waals surface area contributed by atoms with Gasteiger partial charge in [-0.1, -0.05) is 13.0 Å². The second-order valence-electron chi connectivity index (χ2n) is 4.19. The molecule has 1 atom stereocenters. The standard InChI is InChI=1S/C14H14BrF2NS/c1-2-18-12(13-5-6-14(15)19-13)7-9-3-4-10(16)8-11(9)17/h3-6,8,12,18H,2,7H2,1H3. The van der Waals surface area contributed by atoms with Crippen molar-refractivity contribution in [2.75, 3.05) is 6.54 Å². The number of thiophene rings is 1. The molecular weight excluding hydrogens is 332 g/mol. The number of nitrogens with one attached hydrogen (secondary N) is 1. The van der Waals surface area contributed by atoms with Gasteiger partial charge < -0.3 is 5.32 Å². The minimum atomic E-state index is -0.542. The summed E-state index contributed by atoms with van der Waals surface area (Å²) >= 11 is 5.05. The van der Waals surface area contributed by atoms with Crippen LogP contribution in [0.3, 0.4) is 0 Å². The summed E-state index contributed by atoms with van der Waals surface area (Å²) in [6, 6.07) is 7.78. The van der Waals surface area contributed by atoms with E-state index in [1.807, 2.05) is 19.1 Å². The van der Waals surface area contributed by atoms with Gasteiger partial charge in [-0.05, 0) is 52.7 Å². The van der Waals surface area contributed by atoms with E-state index in [0.717, 1.165) is 21.3 Å². The lowest BCUT2D eigenvalue weighted by Crippen LogP contribution is -2.22. The Morgan fingerprint density at radius 3 is 2.63 bits per heavy atom. The predicted molar refractivity (Wildman–Crippen MR) is 78.5 cm³/mol. The molecule has 0 amide bonds. The molecule has 102 valence electrons. The lowest BCUT2D eigenvalue weighted by molar-refractivity contribution is 0.526. The highest BCUT2D eigenvalue weighted by atomic mass is 79.9. The van der Waals surface area contributed by atoms with E-state index in [0.29, 0.717) is 12.0 Å². The largest absolute Gasteiger partial charge is 0.309 e. The molecule has 0 fully saturated rings. The maximum absolute atomic E-state index is 13.7. The Morgan fingerprint density at radius 2 is 2.05 bits per heavy atom. The molecular formula is C14H14BrF2NS. The zero-order chi connectivity index (χ0) is 13.8. The molecule has 0 saturated carbocycles. The van der Waals surface area contributed by atoms with Gasteiger partial charge in [-0.25, -0.2) is 8.78 Å². The SMILES string of the molecule is CCNC(Cc1ccc(F)cc1F)c1ccc(Br)s1. The second-order valence-corrected chi connectivity index (χ2v) is 6.69. The van der Waals surface area contributed by atoms with Crippen molar-refractivity contribution in [3.8, 4) is 0 Å². The van der Waals surface area contributed by atoms with Crippen molar-refractivity contribution in [1.82, 2.24) is 5.32 Å². The molecule has 0 spiro atoms. The highest BCUT2D eigenvalue weighted by molar-refractivity contribution is 9.11. The van der Waals surface area contributed by atoms with Crippen molar-refractivity contribution in [3.05, 3.63) is 56.2 Å². The van der Waals surface area contributed by atoms with E-state index in [4.69, 9.17) is 0 Å². The van der Waals surface area contributed by atoms with E-state index in [1.54, 1.807) is 11.3 Å². The van der Waals surface area contributed by atoms with E-state index in [9.17, 15) is 8.78 Å². The van der Waals surface area contributed by atoms with Crippen LogP contribution in [0, 0.1) is 11.6 Å². The van der Waals surface area contributed by atoms with Crippen molar-refractivity contribution >= 4 is 27.3 Å². The van der Waals surface area contributed by atoms with Gasteiger partial charge in [-0.3, -0.25) is 0 Å². The van der Waals surface area contributed by atoms with Gasteiger partial charge in [0.05, 0.1) is 3.79 Å². The summed E-state index contributed by atoms with van der Waals surface area (Å²) in [4.78, 5) is 1.14. The normalized spacial score (nSPS) is 12.6. The maximum atomic E-state index is 13.7. The third-order valence-corrected chi connectivity index (χ3v) is 4.56. The number of benzene rings is 1. The van der Waals surface area contributed by atoms with Gasteiger partial charge in [-0.15, -0.1) is 11.3 Å². The number of hydrogen-bond donors (Lipinski definition) is 1. The fourth-order valence-corrected chi connectivity index (χ4v) is 3.44. The summed E-state index contributed by atoms with van der Waals surface area (Å²) in [6.45, 7) is 2.81. The summed E-state index contributed by atoms with van der Waals surface area (Å²) in [5.74, 6) is -1.03. The van der Waals surface area contributed by atoms with E-state index in [1.165, 1.54) is 12.1 Å². The summed E-state index contributed by atoms with van der Waals surface area (Å²) in [6.07, 6.45) is 0.507. The molecule has 0 bridgehead atoms. The minimum absolute atomic E-state index is 0.0428. The smallest absolute Gasteiger partial charge is 0.129 e. The van der Waals surface area contributed by atoms with Gasteiger partial charge in [0.1, 0.15) is 11.6 Å². The van der Waals surface area contributed by atoms with Crippen LogP contribution >= 0.6 is 27.3 Å². The van der Waals surface area contributed by atoms with Crippen LogP contribution in [0.2, 0.25) is 0 Å². The monoisotopic (exact) mass is 345 g/mol. The fourth-order valence-electron chi connectivity index (χ4n) is 1.94. The van der Waals surface area contributed by atoms with Gasteiger partial charge in [0.2, 0.25) is 0 Å². The molecule has 2 rings (SSSR count). The minimum Gasteiger partial charge on any atom is -0.309 e. The Kier molecular flexibility index (Phi) is 5.07. The Labute approximate surface area is 123 Å². The average molecular weight is 346 g/mol. The number of rotatable bonds is 5. The molecule has 1 nitrogen and oxygen atoms in total. The number of hydrogen-bond acceptors (Lipinski definition) is 2. The zero-order valence-electron chi connectivity index (χ0n) is 10.4. The van der Waals surface area contributed by atoms with Crippen LogP contribution in [0.1, 0.15) is 23.4 Å².